The molecule has 0 aliphatic rings. The molecule has 8 nitrogen and oxygen atoms in total. The van der Waals surface area contributed by atoms with E-state index in [2.05, 4.69) is 37.8 Å². The number of rotatable bonds is 7. The fourth-order valence-electron chi connectivity index (χ4n) is 2.24. The third kappa shape index (κ3) is 4.58. The number of hydrogen-bond donors (Lipinski definition) is 3. The van der Waals surface area contributed by atoms with Gasteiger partial charge in [-0.15, -0.1) is 5.10 Å². The van der Waals surface area contributed by atoms with Crippen LogP contribution in [-0.4, -0.2) is 42.4 Å². The van der Waals surface area contributed by atoms with E-state index in [9.17, 15) is 4.79 Å². The molecule has 0 fully saturated rings. The summed E-state index contributed by atoms with van der Waals surface area (Å²) in [7, 11) is 0. The molecule has 3 aromatic rings. The van der Waals surface area contributed by atoms with Crippen LogP contribution in [0.1, 0.15) is 13.3 Å². The minimum atomic E-state index is -0.269. The molecule has 1 aromatic carbocycles. The molecule has 2 aromatic heterocycles. The quantitative estimate of drug-likeness (QED) is 0.320. The molecule has 0 amide bonds. The van der Waals surface area contributed by atoms with E-state index in [1.165, 1.54) is 11.8 Å². The molecule has 0 aliphatic carbocycles. The summed E-state index contributed by atoms with van der Waals surface area (Å²) in [6.45, 7) is 3.10. The van der Waals surface area contributed by atoms with Crippen molar-refractivity contribution in [3.63, 3.8) is 0 Å². The number of H-pyrrole nitrogens is 1. The highest BCUT2D eigenvalue weighted by Gasteiger charge is 2.12. The van der Waals surface area contributed by atoms with Gasteiger partial charge in [-0.2, -0.15) is 0 Å². The van der Waals surface area contributed by atoms with Crippen LogP contribution < -0.4 is 16.2 Å². The number of thiocarbonyl (C=S) groups is 1. The molecular weight excluding hydrogens is 370 g/mol. The van der Waals surface area contributed by atoms with Gasteiger partial charge in [0.2, 0.25) is 0 Å². The Balaban J connectivity index is 1.62. The average Bonchev–Trinajstić information content (AvgIpc) is 3.04. The zero-order valence-corrected chi connectivity index (χ0v) is 15.9. The van der Waals surface area contributed by atoms with Crippen molar-refractivity contribution in [2.45, 2.75) is 25.0 Å². The maximum Gasteiger partial charge on any atom is 0.281 e. The Kier molecular flexibility index (Phi) is 6.18. The van der Waals surface area contributed by atoms with Crippen LogP contribution in [0.4, 0.5) is 5.69 Å². The summed E-state index contributed by atoms with van der Waals surface area (Å²) in [6, 6.07) is 9.68. The molecule has 0 unspecified atom stereocenters. The first-order chi connectivity index (χ1) is 12.7. The molecule has 0 spiro atoms. The van der Waals surface area contributed by atoms with E-state index in [4.69, 9.17) is 12.2 Å². The average molecular weight is 390 g/mol. The predicted molar refractivity (Wildman–Crippen MR) is 108 cm³/mol. The molecule has 0 bridgehead atoms. The van der Waals surface area contributed by atoms with Gasteiger partial charge in [-0.3, -0.25) is 9.78 Å². The molecule has 0 atom stereocenters. The summed E-state index contributed by atoms with van der Waals surface area (Å²) in [4.78, 5) is 19.3. The second-order valence-corrected chi connectivity index (χ2v) is 6.94. The second kappa shape index (κ2) is 8.77. The first-order valence-corrected chi connectivity index (χ1v) is 9.63. The molecule has 10 heteroatoms. The maximum absolute atomic E-state index is 12.1. The Hall–Kier alpha value is -2.46. The van der Waals surface area contributed by atoms with Gasteiger partial charge in [0.25, 0.3) is 5.56 Å². The van der Waals surface area contributed by atoms with Crippen molar-refractivity contribution in [1.82, 2.24) is 30.3 Å². The van der Waals surface area contributed by atoms with Crippen LogP contribution in [0, 0.1) is 0 Å². The van der Waals surface area contributed by atoms with Gasteiger partial charge in [-0.25, -0.2) is 9.67 Å². The number of nitrogens with zero attached hydrogens (tertiary/aromatic N) is 4. The van der Waals surface area contributed by atoms with Crippen molar-refractivity contribution in [2.75, 3.05) is 17.6 Å². The minimum Gasteiger partial charge on any atom is -0.361 e. The van der Waals surface area contributed by atoms with Crippen molar-refractivity contribution in [2.24, 2.45) is 0 Å². The van der Waals surface area contributed by atoms with Gasteiger partial charge in [-0.1, -0.05) is 42.1 Å². The number of benzene rings is 1. The van der Waals surface area contributed by atoms with Gasteiger partial charge in [0.05, 0.1) is 6.54 Å². The first-order valence-electron chi connectivity index (χ1n) is 8.23. The van der Waals surface area contributed by atoms with E-state index in [0.29, 0.717) is 29.0 Å². The fourth-order valence-corrected chi connectivity index (χ4v) is 3.17. The van der Waals surface area contributed by atoms with Crippen LogP contribution in [0.25, 0.3) is 11.2 Å². The van der Waals surface area contributed by atoms with Gasteiger partial charge in [0.15, 0.2) is 21.4 Å². The third-order valence-corrected chi connectivity index (χ3v) is 4.76. The number of para-hydroxylation sites is 1. The van der Waals surface area contributed by atoms with E-state index >= 15 is 0 Å². The third-order valence-electron chi connectivity index (χ3n) is 3.44. The Morgan fingerprint density at radius 3 is 2.92 bits per heavy atom. The smallest absolute Gasteiger partial charge is 0.281 e. The summed E-state index contributed by atoms with van der Waals surface area (Å²) >= 11 is 6.78. The fraction of sp³-hybridized carbons (Fsp3) is 0.312. The lowest BCUT2D eigenvalue weighted by Crippen LogP contribution is -2.31. The van der Waals surface area contributed by atoms with Crippen LogP contribution in [0.2, 0.25) is 0 Å². The lowest BCUT2D eigenvalue weighted by Gasteiger charge is -2.10. The molecule has 3 rings (SSSR count). The summed E-state index contributed by atoms with van der Waals surface area (Å²) in [5.74, 6) is 0.886. The highest BCUT2D eigenvalue weighted by Crippen LogP contribution is 2.14. The lowest BCUT2D eigenvalue weighted by molar-refractivity contribution is 0.592. The molecule has 0 aliphatic heterocycles. The Morgan fingerprint density at radius 1 is 1.35 bits per heavy atom. The molecule has 136 valence electrons. The lowest BCUT2D eigenvalue weighted by atomic mass is 10.3. The van der Waals surface area contributed by atoms with E-state index in [-0.39, 0.29) is 11.1 Å². The van der Waals surface area contributed by atoms with Crippen LogP contribution in [-0.2, 0) is 6.54 Å². The van der Waals surface area contributed by atoms with Crippen molar-refractivity contribution in [1.29, 1.82) is 0 Å². The number of aromatic amines is 1. The molecule has 3 N–H and O–H groups in total. The SMILES string of the molecule is CCCSc1nc2c(nnn2CCNC(=S)Nc2ccccc2)c(=O)[nH]1. The number of hydrogen-bond acceptors (Lipinski definition) is 6. The van der Waals surface area contributed by atoms with Crippen LogP contribution in [0.15, 0.2) is 40.3 Å². The van der Waals surface area contributed by atoms with E-state index in [0.717, 1.165) is 17.9 Å². The molecule has 2 heterocycles. The number of anilines is 1. The van der Waals surface area contributed by atoms with Crippen molar-refractivity contribution in [3.8, 4) is 0 Å². The largest absolute Gasteiger partial charge is 0.361 e. The summed E-state index contributed by atoms with van der Waals surface area (Å²) in [5, 5.41) is 15.3. The van der Waals surface area contributed by atoms with Gasteiger partial charge in [0.1, 0.15) is 0 Å². The number of nitrogens with one attached hydrogen (secondary N) is 3. The monoisotopic (exact) mass is 389 g/mol. The van der Waals surface area contributed by atoms with Gasteiger partial charge in [0, 0.05) is 18.0 Å². The Bertz CT molecular complexity index is 939. The van der Waals surface area contributed by atoms with Crippen LogP contribution >= 0.6 is 24.0 Å². The zero-order chi connectivity index (χ0) is 18.4. The van der Waals surface area contributed by atoms with Crippen molar-refractivity contribution < 1.29 is 0 Å². The number of thioether (sulfide) groups is 1. The summed E-state index contributed by atoms with van der Waals surface area (Å²) in [5.41, 5.74) is 1.38. The molecule has 0 radical (unpaired) electrons. The molecular formula is C16H19N7OS2. The van der Waals surface area contributed by atoms with E-state index in [1.54, 1.807) is 4.68 Å². The van der Waals surface area contributed by atoms with E-state index in [1.807, 2.05) is 30.3 Å². The molecule has 26 heavy (non-hydrogen) atoms. The van der Waals surface area contributed by atoms with Crippen molar-refractivity contribution >= 4 is 45.9 Å². The van der Waals surface area contributed by atoms with Gasteiger partial charge in [-0.05, 0) is 30.8 Å². The molecule has 0 saturated carbocycles. The van der Waals surface area contributed by atoms with Crippen LogP contribution in [0.5, 0.6) is 0 Å². The molecule has 0 saturated heterocycles. The number of fused-ring (bicyclic) bond motifs is 1. The van der Waals surface area contributed by atoms with Crippen LogP contribution in [0.3, 0.4) is 0 Å². The standard InChI is InChI=1S/C16H19N7OS2/c1-2-10-26-16-19-13-12(14(24)20-16)21-22-23(13)9-8-17-15(25)18-11-6-4-3-5-7-11/h3-7H,2,8-10H2,1H3,(H2,17,18,25)(H,19,20,24). The normalized spacial score (nSPS) is 10.8. The first kappa shape index (κ1) is 18.3. The number of aromatic nitrogens is 5. The predicted octanol–water partition coefficient (Wildman–Crippen LogP) is 2.00. The topological polar surface area (TPSA) is 101 Å². The van der Waals surface area contributed by atoms with E-state index < -0.39 is 0 Å². The summed E-state index contributed by atoms with van der Waals surface area (Å²) < 4.78 is 1.61. The highest BCUT2D eigenvalue weighted by atomic mass is 32.2. The van der Waals surface area contributed by atoms with Gasteiger partial charge < -0.3 is 10.6 Å². The zero-order valence-electron chi connectivity index (χ0n) is 14.2. The Labute approximate surface area is 159 Å². The maximum atomic E-state index is 12.1. The summed E-state index contributed by atoms with van der Waals surface area (Å²) in [6.07, 6.45) is 1.000. The highest BCUT2D eigenvalue weighted by molar-refractivity contribution is 7.99. The Morgan fingerprint density at radius 2 is 2.15 bits per heavy atom. The minimum absolute atomic E-state index is 0.246. The van der Waals surface area contributed by atoms with Crippen molar-refractivity contribution in [3.05, 3.63) is 40.7 Å². The van der Waals surface area contributed by atoms with Gasteiger partial charge >= 0.3 is 0 Å². The second-order valence-electron chi connectivity index (χ2n) is 5.45.